The number of alkyl halides is 1. The predicted molar refractivity (Wildman–Crippen MR) is 78.4 cm³/mol. The summed E-state index contributed by atoms with van der Waals surface area (Å²) in [7, 11) is 0. The summed E-state index contributed by atoms with van der Waals surface area (Å²) in [6.45, 7) is 0. The molecule has 0 aliphatic heterocycles. The molecule has 0 aliphatic rings. The fourth-order valence-electron chi connectivity index (χ4n) is 2.08. The van der Waals surface area contributed by atoms with Gasteiger partial charge in [-0.1, -0.05) is 29.8 Å². The van der Waals surface area contributed by atoms with Crippen LogP contribution in [0.15, 0.2) is 42.5 Å². The molecule has 2 aromatic rings. The summed E-state index contributed by atoms with van der Waals surface area (Å²) < 4.78 is 0. The molecule has 0 aliphatic carbocycles. The lowest BCUT2D eigenvalue weighted by Gasteiger charge is -2.17. The summed E-state index contributed by atoms with van der Waals surface area (Å²) in [6.07, 6.45) is 0.757. The highest BCUT2D eigenvalue weighted by molar-refractivity contribution is 6.32. The van der Waals surface area contributed by atoms with Gasteiger partial charge in [0.1, 0.15) is 11.5 Å². The van der Waals surface area contributed by atoms with Crippen LogP contribution in [-0.4, -0.2) is 16.1 Å². The van der Waals surface area contributed by atoms with Gasteiger partial charge in [0.2, 0.25) is 0 Å². The lowest BCUT2D eigenvalue weighted by Crippen LogP contribution is -2.02. The summed E-state index contributed by atoms with van der Waals surface area (Å²) >= 11 is 11.8. The molecule has 0 radical (unpaired) electrons. The Balaban J connectivity index is 2.38. The Kier molecular flexibility index (Phi) is 4.56. The van der Waals surface area contributed by atoms with Gasteiger partial charge in [-0.15, -0.1) is 11.6 Å². The van der Waals surface area contributed by atoms with Crippen LogP contribution in [0.2, 0.25) is 5.02 Å². The lowest BCUT2D eigenvalue weighted by molar-refractivity contribution is 0.475. The Bertz CT molecular complexity index is 553. The molecule has 0 spiro atoms. The van der Waals surface area contributed by atoms with Gasteiger partial charge in [-0.3, -0.25) is 0 Å². The molecule has 4 heteroatoms. The number of phenolic OH excluding ortho intramolecular Hbond substituents is 2. The molecular weight excluding hydrogens is 283 g/mol. The van der Waals surface area contributed by atoms with Crippen LogP contribution < -0.4 is 0 Å². The maximum Gasteiger partial charge on any atom is 0.134 e. The van der Waals surface area contributed by atoms with E-state index in [0.29, 0.717) is 10.9 Å². The van der Waals surface area contributed by atoms with E-state index in [1.807, 2.05) is 18.2 Å². The zero-order chi connectivity index (χ0) is 13.8. The molecule has 2 aromatic carbocycles. The molecule has 1 unspecified atom stereocenters. The summed E-state index contributed by atoms with van der Waals surface area (Å²) in [6, 6.07) is 12.2. The van der Waals surface area contributed by atoms with Crippen molar-refractivity contribution in [2.24, 2.45) is 0 Å². The topological polar surface area (TPSA) is 40.5 Å². The number of benzene rings is 2. The van der Waals surface area contributed by atoms with Gasteiger partial charge in [-0.2, -0.15) is 0 Å². The van der Waals surface area contributed by atoms with Crippen LogP contribution in [0.3, 0.4) is 0 Å². The minimum atomic E-state index is 0.0701. The first-order chi connectivity index (χ1) is 9.11. The van der Waals surface area contributed by atoms with Crippen LogP contribution in [0.25, 0.3) is 0 Å². The van der Waals surface area contributed by atoms with E-state index in [1.54, 1.807) is 24.3 Å². The van der Waals surface area contributed by atoms with Crippen LogP contribution in [0, 0.1) is 0 Å². The molecule has 0 aromatic heterocycles. The van der Waals surface area contributed by atoms with E-state index in [1.165, 1.54) is 0 Å². The molecule has 2 N–H and O–H groups in total. The SMILES string of the molecule is Oc1ccc(C(CCCl)c2ccc(O)c(Cl)c2)cc1. The van der Waals surface area contributed by atoms with Crippen LogP contribution >= 0.6 is 23.2 Å². The van der Waals surface area contributed by atoms with Crippen molar-refractivity contribution >= 4 is 23.2 Å². The average molecular weight is 297 g/mol. The second-order valence-corrected chi connectivity index (χ2v) is 5.12. The molecule has 1 atom stereocenters. The minimum absolute atomic E-state index is 0.0701. The Labute approximate surface area is 122 Å². The molecule has 0 saturated heterocycles. The molecule has 2 nitrogen and oxygen atoms in total. The van der Waals surface area contributed by atoms with Gasteiger partial charge in [0.05, 0.1) is 5.02 Å². The van der Waals surface area contributed by atoms with Gasteiger partial charge in [0.15, 0.2) is 0 Å². The molecular formula is C15H14Cl2O2. The molecule has 0 bridgehead atoms. The highest BCUT2D eigenvalue weighted by atomic mass is 35.5. The standard InChI is InChI=1S/C15H14Cl2O2/c16-8-7-13(10-1-4-12(18)5-2-10)11-3-6-15(19)14(17)9-11/h1-6,9,13,18-19H,7-8H2. The quantitative estimate of drug-likeness (QED) is 0.815. The average Bonchev–Trinajstić information content (AvgIpc) is 2.41. The second-order valence-electron chi connectivity index (χ2n) is 4.33. The Morgan fingerprint density at radius 1 is 0.947 bits per heavy atom. The van der Waals surface area contributed by atoms with Gasteiger partial charge < -0.3 is 10.2 Å². The van der Waals surface area contributed by atoms with Crippen molar-refractivity contribution in [2.75, 3.05) is 5.88 Å². The van der Waals surface area contributed by atoms with E-state index in [9.17, 15) is 10.2 Å². The fourth-order valence-corrected chi connectivity index (χ4v) is 2.49. The van der Waals surface area contributed by atoms with Gasteiger partial charge >= 0.3 is 0 Å². The monoisotopic (exact) mass is 296 g/mol. The van der Waals surface area contributed by atoms with E-state index in [4.69, 9.17) is 23.2 Å². The maximum atomic E-state index is 9.47. The van der Waals surface area contributed by atoms with Crippen molar-refractivity contribution < 1.29 is 10.2 Å². The van der Waals surface area contributed by atoms with E-state index < -0.39 is 0 Å². The third-order valence-electron chi connectivity index (χ3n) is 3.07. The number of aromatic hydroxyl groups is 2. The Morgan fingerprint density at radius 3 is 2.16 bits per heavy atom. The minimum Gasteiger partial charge on any atom is -0.508 e. The van der Waals surface area contributed by atoms with Crippen molar-refractivity contribution in [3.63, 3.8) is 0 Å². The number of rotatable bonds is 4. The normalized spacial score (nSPS) is 12.3. The molecule has 2 rings (SSSR count). The van der Waals surface area contributed by atoms with Crippen molar-refractivity contribution in [1.82, 2.24) is 0 Å². The molecule has 0 fully saturated rings. The fraction of sp³-hybridized carbons (Fsp3) is 0.200. The maximum absolute atomic E-state index is 9.47. The summed E-state index contributed by atoms with van der Waals surface area (Å²) in [5.41, 5.74) is 2.05. The lowest BCUT2D eigenvalue weighted by atomic mass is 9.89. The zero-order valence-electron chi connectivity index (χ0n) is 10.2. The van der Waals surface area contributed by atoms with Crippen LogP contribution in [-0.2, 0) is 0 Å². The Hall–Kier alpha value is -1.38. The van der Waals surface area contributed by atoms with Crippen molar-refractivity contribution in [3.8, 4) is 11.5 Å². The largest absolute Gasteiger partial charge is 0.508 e. The zero-order valence-corrected chi connectivity index (χ0v) is 11.7. The van der Waals surface area contributed by atoms with Crippen molar-refractivity contribution in [2.45, 2.75) is 12.3 Å². The van der Waals surface area contributed by atoms with Crippen LogP contribution in [0.1, 0.15) is 23.5 Å². The number of hydrogen-bond donors (Lipinski definition) is 2. The highest BCUT2D eigenvalue weighted by Gasteiger charge is 2.15. The molecule has 0 amide bonds. The first-order valence-electron chi connectivity index (χ1n) is 5.95. The van der Waals surface area contributed by atoms with Crippen LogP contribution in [0.4, 0.5) is 0 Å². The third-order valence-corrected chi connectivity index (χ3v) is 3.59. The number of halogens is 2. The Morgan fingerprint density at radius 2 is 1.58 bits per heavy atom. The van der Waals surface area contributed by atoms with Gasteiger partial charge in [-0.05, 0) is 41.8 Å². The van der Waals surface area contributed by atoms with Crippen molar-refractivity contribution in [3.05, 3.63) is 58.6 Å². The summed E-state index contributed by atoms with van der Waals surface area (Å²) in [4.78, 5) is 0. The first kappa shape index (κ1) is 14.0. The van der Waals surface area contributed by atoms with Crippen LogP contribution in [0.5, 0.6) is 11.5 Å². The number of phenols is 2. The van der Waals surface area contributed by atoms with E-state index in [-0.39, 0.29) is 17.4 Å². The van der Waals surface area contributed by atoms with E-state index in [0.717, 1.165) is 17.5 Å². The van der Waals surface area contributed by atoms with Crippen molar-refractivity contribution in [1.29, 1.82) is 0 Å². The summed E-state index contributed by atoms with van der Waals surface area (Å²) in [5.74, 6) is 0.915. The molecule has 0 heterocycles. The number of hydrogen-bond acceptors (Lipinski definition) is 2. The first-order valence-corrected chi connectivity index (χ1v) is 6.86. The van der Waals surface area contributed by atoms with E-state index in [2.05, 4.69) is 0 Å². The third kappa shape index (κ3) is 3.34. The molecule has 19 heavy (non-hydrogen) atoms. The predicted octanol–water partition coefficient (Wildman–Crippen LogP) is 4.51. The molecule has 0 saturated carbocycles. The summed E-state index contributed by atoms with van der Waals surface area (Å²) in [5, 5.41) is 19.1. The van der Waals surface area contributed by atoms with Gasteiger partial charge in [0, 0.05) is 11.8 Å². The van der Waals surface area contributed by atoms with E-state index >= 15 is 0 Å². The molecule has 100 valence electrons. The highest BCUT2D eigenvalue weighted by Crippen LogP contribution is 2.33. The second kappa shape index (κ2) is 6.18. The van der Waals surface area contributed by atoms with Gasteiger partial charge in [-0.25, -0.2) is 0 Å². The smallest absolute Gasteiger partial charge is 0.134 e. The van der Waals surface area contributed by atoms with Gasteiger partial charge in [0.25, 0.3) is 0 Å².